The Balaban J connectivity index is 1.71. The zero-order chi connectivity index (χ0) is 20.6. The highest BCUT2D eigenvalue weighted by molar-refractivity contribution is 5.95. The number of carbonyl (C=O) groups is 2. The van der Waals surface area contributed by atoms with Crippen molar-refractivity contribution in [2.45, 2.75) is 20.4 Å². The number of pyridine rings is 1. The summed E-state index contributed by atoms with van der Waals surface area (Å²) in [4.78, 5) is 30.1. The molecule has 0 radical (unpaired) electrons. The molecule has 0 aliphatic rings. The van der Waals surface area contributed by atoms with E-state index in [2.05, 4.69) is 15.6 Å². The van der Waals surface area contributed by atoms with Crippen molar-refractivity contribution in [2.24, 2.45) is 0 Å². The monoisotopic (exact) mass is 388 g/mol. The first kappa shape index (κ1) is 20.1. The summed E-state index contributed by atoms with van der Waals surface area (Å²) in [6, 6.07) is 19.0. The van der Waals surface area contributed by atoms with Crippen LogP contribution in [-0.4, -0.2) is 28.2 Å². The Kier molecular flexibility index (Phi) is 6.58. The van der Waals surface area contributed by atoms with Gasteiger partial charge in [0.15, 0.2) is 0 Å². The molecule has 29 heavy (non-hydrogen) atoms. The molecule has 0 aliphatic heterocycles. The number of amides is 2. The summed E-state index contributed by atoms with van der Waals surface area (Å²) in [7, 11) is 0. The summed E-state index contributed by atoms with van der Waals surface area (Å²) in [5.41, 5.74) is 3.90. The van der Waals surface area contributed by atoms with E-state index in [0.29, 0.717) is 18.7 Å². The van der Waals surface area contributed by atoms with E-state index in [0.717, 1.165) is 22.6 Å². The van der Waals surface area contributed by atoms with Gasteiger partial charge in [-0.2, -0.15) is 0 Å². The number of aromatic nitrogens is 1. The van der Waals surface area contributed by atoms with Crippen LogP contribution in [0.25, 0.3) is 0 Å². The first-order valence-electron chi connectivity index (χ1n) is 9.48. The molecule has 0 saturated carbocycles. The number of nitrogens with zero attached hydrogens (tertiary/aromatic N) is 2. The Hall–Kier alpha value is -3.67. The minimum Gasteiger partial charge on any atom is -0.354 e. The average molecular weight is 388 g/mol. The lowest BCUT2D eigenvalue weighted by Crippen LogP contribution is -2.30. The molecule has 2 amide bonds. The zero-order valence-electron chi connectivity index (χ0n) is 16.6. The summed E-state index contributed by atoms with van der Waals surface area (Å²) >= 11 is 0. The average Bonchev–Trinajstić information content (AvgIpc) is 2.73. The first-order chi connectivity index (χ1) is 14.0. The molecule has 0 saturated heterocycles. The predicted molar refractivity (Wildman–Crippen MR) is 115 cm³/mol. The lowest BCUT2D eigenvalue weighted by atomic mass is 10.1. The van der Waals surface area contributed by atoms with E-state index < -0.39 is 0 Å². The van der Waals surface area contributed by atoms with E-state index in [1.54, 1.807) is 23.4 Å². The quantitative estimate of drug-likeness (QED) is 0.627. The Labute approximate surface area is 170 Å². The highest BCUT2D eigenvalue weighted by Gasteiger charge is 2.15. The highest BCUT2D eigenvalue weighted by Crippen LogP contribution is 2.20. The molecule has 1 aromatic heterocycles. The van der Waals surface area contributed by atoms with Crippen LogP contribution in [0.4, 0.5) is 17.1 Å². The smallest absolute Gasteiger partial charge is 0.255 e. The molecule has 0 fully saturated rings. The molecule has 3 aromatic rings. The van der Waals surface area contributed by atoms with Crippen LogP contribution in [0.15, 0.2) is 73.1 Å². The number of carbonyl (C=O) groups excluding carboxylic acids is 2. The van der Waals surface area contributed by atoms with Crippen molar-refractivity contribution in [2.75, 3.05) is 17.2 Å². The second kappa shape index (κ2) is 9.50. The van der Waals surface area contributed by atoms with Gasteiger partial charge in [0.05, 0.1) is 17.4 Å². The second-order valence-corrected chi connectivity index (χ2v) is 6.65. The number of anilines is 3. The maximum atomic E-state index is 13.0. The number of rotatable bonds is 7. The van der Waals surface area contributed by atoms with Gasteiger partial charge in [-0.3, -0.25) is 14.6 Å². The fourth-order valence-electron chi connectivity index (χ4n) is 2.95. The molecular formula is C23H24N4O2. The van der Waals surface area contributed by atoms with Gasteiger partial charge in [0.25, 0.3) is 5.91 Å². The summed E-state index contributed by atoms with van der Waals surface area (Å²) in [5.74, 6) is -0.175. The number of benzene rings is 2. The van der Waals surface area contributed by atoms with Crippen LogP contribution in [-0.2, 0) is 11.3 Å². The van der Waals surface area contributed by atoms with Crippen LogP contribution in [0, 0.1) is 0 Å². The van der Waals surface area contributed by atoms with Crippen molar-refractivity contribution in [3.05, 3.63) is 84.2 Å². The van der Waals surface area contributed by atoms with Gasteiger partial charge in [-0.1, -0.05) is 30.3 Å². The van der Waals surface area contributed by atoms with Gasteiger partial charge >= 0.3 is 0 Å². The van der Waals surface area contributed by atoms with Crippen LogP contribution in [0.2, 0.25) is 0 Å². The Morgan fingerprint density at radius 2 is 1.62 bits per heavy atom. The van der Waals surface area contributed by atoms with E-state index >= 15 is 0 Å². The Morgan fingerprint density at radius 3 is 2.28 bits per heavy atom. The fraction of sp³-hybridized carbons (Fsp3) is 0.174. The summed E-state index contributed by atoms with van der Waals surface area (Å²) in [6.45, 7) is 4.60. The van der Waals surface area contributed by atoms with E-state index in [1.807, 2.05) is 61.5 Å². The van der Waals surface area contributed by atoms with Crippen LogP contribution in [0.1, 0.15) is 29.8 Å². The second-order valence-electron chi connectivity index (χ2n) is 6.65. The van der Waals surface area contributed by atoms with Gasteiger partial charge in [0, 0.05) is 37.6 Å². The van der Waals surface area contributed by atoms with Gasteiger partial charge in [-0.25, -0.2) is 0 Å². The highest BCUT2D eigenvalue weighted by atomic mass is 16.2. The molecule has 2 N–H and O–H groups in total. The van der Waals surface area contributed by atoms with E-state index in [-0.39, 0.29) is 11.8 Å². The topological polar surface area (TPSA) is 74.3 Å². The van der Waals surface area contributed by atoms with Crippen LogP contribution < -0.4 is 10.6 Å². The molecule has 3 rings (SSSR count). The maximum absolute atomic E-state index is 13.0. The molecule has 0 spiro atoms. The normalized spacial score (nSPS) is 10.3. The fourth-order valence-corrected chi connectivity index (χ4v) is 2.95. The Morgan fingerprint density at radius 1 is 0.931 bits per heavy atom. The van der Waals surface area contributed by atoms with Crippen LogP contribution >= 0.6 is 0 Å². The van der Waals surface area contributed by atoms with Crippen molar-refractivity contribution >= 4 is 28.9 Å². The molecule has 1 heterocycles. The van der Waals surface area contributed by atoms with Crippen molar-refractivity contribution in [1.29, 1.82) is 0 Å². The zero-order valence-corrected chi connectivity index (χ0v) is 16.6. The third-order valence-electron chi connectivity index (χ3n) is 4.36. The molecule has 148 valence electrons. The van der Waals surface area contributed by atoms with Gasteiger partial charge in [0.1, 0.15) is 0 Å². The van der Waals surface area contributed by atoms with Crippen molar-refractivity contribution < 1.29 is 9.59 Å². The summed E-state index contributed by atoms with van der Waals surface area (Å²) in [6.07, 6.45) is 3.26. The SMILES string of the molecule is CCN(Cc1ccccc1)C(=O)c1cncc(Nc2ccc(NC(C)=O)cc2)c1. The molecule has 0 aliphatic carbocycles. The minimum atomic E-state index is -0.114. The third kappa shape index (κ3) is 5.65. The van der Waals surface area contributed by atoms with Crippen LogP contribution in [0.5, 0.6) is 0 Å². The third-order valence-corrected chi connectivity index (χ3v) is 4.36. The molecule has 6 heteroatoms. The van der Waals surface area contributed by atoms with Gasteiger partial charge in [-0.15, -0.1) is 0 Å². The molecule has 0 bridgehead atoms. The number of nitrogens with one attached hydrogen (secondary N) is 2. The largest absolute Gasteiger partial charge is 0.354 e. The number of hydrogen-bond donors (Lipinski definition) is 2. The summed E-state index contributed by atoms with van der Waals surface area (Å²) < 4.78 is 0. The predicted octanol–water partition coefficient (Wildman–Crippen LogP) is 4.45. The van der Waals surface area contributed by atoms with Gasteiger partial charge in [0.2, 0.25) is 5.91 Å². The molecule has 0 atom stereocenters. The van der Waals surface area contributed by atoms with Crippen molar-refractivity contribution in [1.82, 2.24) is 9.88 Å². The van der Waals surface area contributed by atoms with E-state index in [4.69, 9.17) is 0 Å². The first-order valence-corrected chi connectivity index (χ1v) is 9.48. The number of hydrogen-bond acceptors (Lipinski definition) is 4. The molecule has 2 aromatic carbocycles. The standard InChI is InChI=1S/C23H24N4O2/c1-3-27(16-18-7-5-4-6-8-18)23(29)19-13-22(15-24-14-19)26-21-11-9-20(10-12-21)25-17(2)28/h4-15,26H,3,16H2,1-2H3,(H,25,28). The summed E-state index contributed by atoms with van der Waals surface area (Å²) in [5, 5.41) is 5.97. The minimum absolute atomic E-state index is 0.0616. The molecular weight excluding hydrogens is 364 g/mol. The van der Waals surface area contributed by atoms with E-state index in [1.165, 1.54) is 6.92 Å². The van der Waals surface area contributed by atoms with Crippen molar-refractivity contribution in [3.8, 4) is 0 Å². The van der Waals surface area contributed by atoms with Crippen molar-refractivity contribution in [3.63, 3.8) is 0 Å². The molecule has 0 unspecified atom stereocenters. The van der Waals surface area contributed by atoms with Gasteiger partial charge < -0.3 is 15.5 Å². The Bertz CT molecular complexity index is 972. The van der Waals surface area contributed by atoms with Crippen LogP contribution in [0.3, 0.4) is 0 Å². The lowest BCUT2D eigenvalue weighted by Gasteiger charge is -2.21. The van der Waals surface area contributed by atoms with E-state index in [9.17, 15) is 9.59 Å². The van der Waals surface area contributed by atoms with Gasteiger partial charge in [-0.05, 0) is 42.8 Å². The maximum Gasteiger partial charge on any atom is 0.255 e. The lowest BCUT2D eigenvalue weighted by molar-refractivity contribution is -0.114. The molecule has 6 nitrogen and oxygen atoms in total.